The number of nitrogens with zero attached hydrogens (tertiary/aromatic N) is 1. The van der Waals surface area contributed by atoms with Gasteiger partial charge < -0.3 is 15.2 Å². The molecule has 0 atom stereocenters. The molecule has 0 saturated carbocycles. The number of nitrogens with one attached hydrogen (secondary N) is 2. The Bertz CT molecular complexity index is 637. The summed E-state index contributed by atoms with van der Waals surface area (Å²) in [7, 11) is 0. The SMILES string of the molecule is CC(C)CCNC(=O)NCc1cccn1Cc1cccc(F)c1. The topological polar surface area (TPSA) is 46.1 Å². The number of urea groups is 1. The number of hydrogen-bond donors (Lipinski definition) is 2. The zero-order valence-corrected chi connectivity index (χ0v) is 13.7. The predicted octanol–water partition coefficient (Wildman–Crippen LogP) is 3.52. The van der Waals surface area contributed by atoms with Gasteiger partial charge in [-0.3, -0.25) is 0 Å². The molecule has 0 aliphatic rings. The summed E-state index contributed by atoms with van der Waals surface area (Å²) >= 11 is 0. The van der Waals surface area contributed by atoms with Crippen LogP contribution in [0, 0.1) is 11.7 Å². The number of rotatable bonds is 7. The number of benzene rings is 1. The highest BCUT2D eigenvalue weighted by Gasteiger charge is 2.05. The maximum absolute atomic E-state index is 13.3. The molecule has 2 amide bonds. The maximum atomic E-state index is 13.3. The van der Waals surface area contributed by atoms with E-state index < -0.39 is 0 Å². The summed E-state index contributed by atoms with van der Waals surface area (Å²) < 4.78 is 15.3. The number of hydrogen-bond acceptors (Lipinski definition) is 1. The van der Waals surface area contributed by atoms with E-state index in [4.69, 9.17) is 0 Å². The van der Waals surface area contributed by atoms with Crippen LogP contribution in [0.3, 0.4) is 0 Å². The van der Waals surface area contributed by atoms with Crippen LogP contribution in [0.25, 0.3) is 0 Å². The van der Waals surface area contributed by atoms with Crippen molar-refractivity contribution in [1.82, 2.24) is 15.2 Å². The van der Waals surface area contributed by atoms with Crippen molar-refractivity contribution >= 4 is 6.03 Å². The molecule has 0 aliphatic carbocycles. The lowest BCUT2D eigenvalue weighted by Gasteiger charge is -2.12. The number of halogens is 1. The average Bonchev–Trinajstić information content (AvgIpc) is 2.92. The highest BCUT2D eigenvalue weighted by atomic mass is 19.1. The van der Waals surface area contributed by atoms with Crippen molar-refractivity contribution in [3.8, 4) is 0 Å². The molecule has 124 valence electrons. The van der Waals surface area contributed by atoms with E-state index in [2.05, 4.69) is 24.5 Å². The summed E-state index contributed by atoms with van der Waals surface area (Å²) in [6, 6.07) is 10.3. The van der Waals surface area contributed by atoms with E-state index >= 15 is 0 Å². The van der Waals surface area contributed by atoms with Crippen molar-refractivity contribution < 1.29 is 9.18 Å². The molecule has 1 aromatic heterocycles. The first-order valence-electron chi connectivity index (χ1n) is 7.95. The van der Waals surface area contributed by atoms with Gasteiger partial charge in [-0.05, 0) is 42.2 Å². The third kappa shape index (κ3) is 5.77. The zero-order chi connectivity index (χ0) is 16.7. The van der Waals surface area contributed by atoms with Crippen molar-refractivity contribution in [3.05, 3.63) is 59.7 Å². The third-order valence-corrected chi connectivity index (χ3v) is 3.60. The van der Waals surface area contributed by atoms with Crippen molar-refractivity contribution in [3.63, 3.8) is 0 Å². The first-order chi connectivity index (χ1) is 11.0. The van der Waals surface area contributed by atoms with Crippen molar-refractivity contribution in [2.45, 2.75) is 33.4 Å². The molecule has 0 fully saturated rings. The Morgan fingerprint density at radius 1 is 1.22 bits per heavy atom. The summed E-state index contributed by atoms with van der Waals surface area (Å²) in [4.78, 5) is 11.8. The number of aromatic nitrogens is 1. The second-order valence-corrected chi connectivity index (χ2v) is 6.05. The highest BCUT2D eigenvalue weighted by Crippen LogP contribution is 2.09. The molecular formula is C18H24FN3O. The van der Waals surface area contributed by atoms with E-state index in [9.17, 15) is 9.18 Å². The summed E-state index contributed by atoms with van der Waals surface area (Å²) in [6.45, 7) is 5.94. The third-order valence-electron chi connectivity index (χ3n) is 3.60. The van der Waals surface area contributed by atoms with Crippen LogP contribution in [0.5, 0.6) is 0 Å². The van der Waals surface area contributed by atoms with Gasteiger partial charge in [-0.25, -0.2) is 9.18 Å². The lowest BCUT2D eigenvalue weighted by atomic mass is 10.1. The first-order valence-corrected chi connectivity index (χ1v) is 7.95. The van der Waals surface area contributed by atoms with Gasteiger partial charge in [0.2, 0.25) is 0 Å². The molecule has 0 radical (unpaired) electrons. The molecule has 0 aliphatic heterocycles. The monoisotopic (exact) mass is 317 g/mol. The van der Waals surface area contributed by atoms with Gasteiger partial charge in [0.1, 0.15) is 5.82 Å². The summed E-state index contributed by atoms with van der Waals surface area (Å²) in [5.41, 5.74) is 1.87. The smallest absolute Gasteiger partial charge is 0.315 e. The summed E-state index contributed by atoms with van der Waals surface area (Å²) in [5.74, 6) is 0.331. The molecule has 0 unspecified atom stereocenters. The molecule has 23 heavy (non-hydrogen) atoms. The average molecular weight is 317 g/mol. The van der Waals surface area contributed by atoms with Crippen LogP contribution in [0.15, 0.2) is 42.6 Å². The molecule has 1 heterocycles. The molecule has 1 aromatic carbocycles. The van der Waals surface area contributed by atoms with E-state index in [0.29, 0.717) is 25.6 Å². The Kier molecular flexibility index (Phi) is 6.20. The Morgan fingerprint density at radius 2 is 2.04 bits per heavy atom. The standard InChI is InChI=1S/C18H24FN3O/c1-14(2)8-9-20-18(23)21-12-17-7-4-10-22(17)13-15-5-3-6-16(19)11-15/h3-7,10-11,14H,8-9,12-13H2,1-2H3,(H2,20,21,23). The number of amides is 2. The second kappa shape index (κ2) is 8.36. The lowest BCUT2D eigenvalue weighted by molar-refractivity contribution is 0.239. The van der Waals surface area contributed by atoms with Crippen LogP contribution in [0.2, 0.25) is 0 Å². The number of carbonyl (C=O) groups is 1. The van der Waals surface area contributed by atoms with E-state index in [1.54, 1.807) is 6.07 Å². The second-order valence-electron chi connectivity index (χ2n) is 6.05. The van der Waals surface area contributed by atoms with E-state index in [0.717, 1.165) is 17.7 Å². The van der Waals surface area contributed by atoms with Gasteiger partial charge in [-0.15, -0.1) is 0 Å². The molecule has 2 rings (SSSR count). The van der Waals surface area contributed by atoms with Crippen molar-refractivity contribution in [2.75, 3.05) is 6.54 Å². The summed E-state index contributed by atoms with van der Waals surface area (Å²) in [5, 5.41) is 5.70. The zero-order valence-electron chi connectivity index (χ0n) is 13.7. The molecule has 4 nitrogen and oxygen atoms in total. The van der Waals surface area contributed by atoms with Crippen LogP contribution in [-0.2, 0) is 13.1 Å². The van der Waals surface area contributed by atoms with E-state index in [1.165, 1.54) is 12.1 Å². The van der Waals surface area contributed by atoms with Crippen molar-refractivity contribution in [1.29, 1.82) is 0 Å². The molecule has 2 aromatic rings. The summed E-state index contributed by atoms with van der Waals surface area (Å²) in [6.07, 6.45) is 2.89. The Labute approximate surface area is 136 Å². The van der Waals surface area contributed by atoms with Crippen LogP contribution in [0.4, 0.5) is 9.18 Å². The predicted molar refractivity (Wildman–Crippen MR) is 89.6 cm³/mol. The van der Waals surface area contributed by atoms with Gasteiger partial charge in [0.25, 0.3) is 0 Å². The normalized spacial score (nSPS) is 10.8. The van der Waals surface area contributed by atoms with Crippen LogP contribution >= 0.6 is 0 Å². The van der Waals surface area contributed by atoms with E-state index in [-0.39, 0.29) is 11.8 Å². The molecule has 0 bridgehead atoms. The largest absolute Gasteiger partial charge is 0.345 e. The van der Waals surface area contributed by atoms with Gasteiger partial charge in [-0.1, -0.05) is 26.0 Å². The van der Waals surface area contributed by atoms with Gasteiger partial charge in [0.15, 0.2) is 0 Å². The molecule has 5 heteroatoms. The van der Waals surface area contributed by atoms with Gasteiger partial charge in [0.05, 0.1) is 6.54 Å². The molecule has 0 saturated heterocycles. The first kappa shape index (κ1) is 17.1. The van der Waals surface area contributed by atoms with Crippen molar-refractivity contribution in [2.24, 2.45) is 5.92 Å². The molecular weight excluding hydrogens is 293 g/mol. The maximum Gasteiger partial charge on any atom is 0.315 e. The Balaban J connectivity index is 1.85. The lowest BCUT2D eigenvalue weighted by Crippen LogP contribution is -2.36. The van der Waals surface area contributed by atoms with Gasteiger partial charge in [-0.2, -0.15) is 0 Å². The van der Waals surface area contributed by atoms with Crippen LogP contribution < -0.4 is 10.6 Å². The fourth-order valence-corrected chi connectivity index (χ4v) is 2.30. The van der Waals surface area contributed by atoms with E-state index in [1.807, 2.05) is 29.0 Å². The van der Waals surface area contributed by atoms with Gasteiger partial charge >= 0.3 is 6.03 Å². The fraction of sp³-hybridized carbons (Fsp3) is 0.389. The quantitative estimate of drug-likeness (QED) is 0.806. The number of carbonyl (C=O) groups excluding carboxylic acids is 1. The van der Waals surface area contributed by atoms with Crippen LogP contribution in [0.1, 0.15) is 31.5 Å². The highest BCUT2D eigenvalue weighted by molar-refractivity contribution is 5.73. The molecule has 2 N–H and O–H groups in total. The Morgan fingerprint density at radius 3 is 2.78 bits per heavy atom. The minimum atomic E-state index is -0.237. The van der Waals surface area contributed by atoms with Gasteiger partial charge in [0, 0.05) is 25.0 Å². The minimum absolute atomic E-state index is 0.163. The fourth-order valence-electron chi connectivity index (χ4n) is 2.30. The van der Waals surface area contributed by atoms with Crippen LogP contribution in [-0.4, -0.2) is 17.1 Å². The minimum Gasteiger partial charge on any atom is -0.345 e. The molecule has 0 spiro atoms. The Hall–Kier alpha value is -2.30.